The van der Waals surface area contributed by atoms with E-state index in [1.54, 1.807) is 31.2 Å². The first kappa shape index (κ1) is 20.6. The molecule has 0 aliphatic rings. The monoisotopic (exact) mass is 417 g/mol. The molecule has 0 saturated heterocycles. The summed E-state index contributed by atoms with van der Waals surface area (Å²) in [6.07, 6.45) is 0. The average molecular weight is 417 g/mol. The molecule has 1 aromatic heterocycles. The Morgan fingerprint density at radius 2 is 1.76 bits per heavy atom. The van der Waals surface area contributed by atoms with Crippen molar-refractivity contribution in [2.45, 2.75) is 30.8 Å². The molecular weight excluding hydrogens is 397 g/mol. The van der Waals surface area contributed by atoms with Crippen LogP contribution in [-0.4, -0.2) is 35.5 Å². The molecule has 1 heterocycles. The van der Waals surface area contributed by atoms with Crippen molar-refractivity contribution in [1.82, 2.24) is 25.2 Å². The number of halogens is 1. The fraction of sp³-hybridized carbons (Fsp3) is 0.211. The zero-order chi connectivity index (χ0) is 21.0. The number of aromatic amines is 1. The van der Waals surface area contributed by atoms with E-state index in [4.69, 9.17) is 0 Å². The Labute approximate surface area is 167 Å². The van der Waals surface area contributed by atoms with Crippen molar-refractivity contribution < 1.29 is 17.6 Å². The number of hydrogen-bond acceptors (Lipinski definition) is 5. The normalized spacial score (nSPS) is 13.6. The van der Waals surface area contributed by atoms with Crippen LogP contribution in [0.5, 0.6) is 0 Å². The molecule has 10 heteroatoms. The van der Waals surface area contributed by atoms with Gasteiger partial charge in [-0.2, -0.15) is 9.82 Å². The summed E-state index contributed by atoms with van der Waals surface area (Å²) >= 11 is 0. The molecule has 8 nitrogen and oxygen atoms in total. The number of H-pyrrole nitrogens is 1. The molecule has 0 fully saturated rings. The molecule has 0 aliphatic carbocycles. The van der Waals surface area contributed by atoms with Crippen molar-refractivity contribution in [3.63, 3.8) is 0 Å². The summed E-state index contributed by atoms with van der Waals surface area (Å²) in [6, 6.07) is 12.1. The summed E-state index contributed by atoms with van der Waals surface area (Å²) in [5.41, 5.74) is 0.726. The highest BCUT2D eigenvalue weighted by molar-refractivity contribution is 7.89. The van der Waals surface area contributed by atoms with Gasteiger partial charge in [-0.15, -0.1) is 0 Å². The lowest BCUT2D eigenvalue weighted by Crippen LogP contribution is -2.46. The number of rotatable bonds is 7. The Balaban J connectivity index is 1.80. The van der Waals surface area contributed by atoms with Crippen LogP contribution in [0.3, 0.4) is 0 Å². The summed E-state index contributed by atoms with van der Waals surface area (Å²) in [5.74, 6) is -0.595. The molecule has 3 N–H and O–H groups in total. The number of aryl methyl sites for hydroxylation is 1. The summed E-state index contributed by atoms with van der Waals surface area (Å²) in [6.45, 7) is 3.10. The predicted molar refractivity (Wildman–Crippen MR) is 104 cm³/mol. The van der Waals surface area contributed by atoms with Crippen LogP contribution in [-0.2, 0) is 14.8 Å². The minimum absolute atomic E-state index is 0.339. The quantitative estimate of drug-likeness (QED) is 0.542. The van der Waals surface area contributed by atoms with E-state index in [9.17, 15) is 17.6 Å². The zero-order valence-electron chi connectivity index (χ0n) is 15.8. The fourth-order valence-corrected chi connectivity index (χ4v) is 3.99. The van der Waals surface area contributed by atoms with E-state index in [2.05, 4.69) is 25.2 Å². The molecule has 1 amide bonds. The first-order valence-corrected chi connectivity index (χ1v) is 10.3. The van der Waals surface area contributed by atoms with E-state index in [0.717, 1.165) is 17.7 Å². The lowest BCUT2D eigenvalue weighted by Gasteiger charge is -2.20. The minimum Gasteiger partial charge on any atom is -0.341 e. The van der Waals surface area contributed by atoms with Gasteiger partial charge in [-0.05, 0) is 31.5 Å². The number of carbonyl (C=O) groups excluding carboxylic acids is 1. The Hall–Kier alpha value is -3.11. The molecular formula is C19H20FN5O3S. The number of sulfonamides is 1. The third-order valence-electron chi connectivity index (χ3n) is 4.14. The summed E-state index contributed by atoms with van der Waals surface area (Å²) in [4.78, 5) is 16.4. The molecule has 152 valence electrons. The van der Waals surface area contributed by atoms with Crippen LogP contribution in [0.4, 0.5) is 4.39 Å². The summed E-state index contributed by atoms with van der Waals surface area (Å²) in [5, 5.41) is 9.57. The Morgan fingerprint density at radius 1 is 1.10 bits per heavy atom. The van der Waals surface area contributed by atoms with Crippen molar-refractivity contribution >= 4 is 15.9 Å². The van der Waals surface area contributed by atoms with Crippen molar-refractivity contribution in [3.05, 3.63) is 77.6 Å². The number of nitrogens with zero attached hydrogens (tertiary/aromatic N) is 2. The van der Waals surface area contributed by atoms with Gasteiger partial charge >= 0.3 is 0 Å². The second-order valence-corrected chi connectivity index (χ2v) is 8.09. The number of amides is 1. The van der Waals surface area contributed by atoms with Crippen LogP contribution < -0.4 is 10.0 Å². The van der Waals surface area contributed by atoms with E-state index in [-0.39, 0.29) is 0 Å². The molecule has 3 aromatic rings. The maximum absolute atomic E-state index is 13.9. The minimum atomic E-state index is -4.22. The van der Waals surface area contributed by atoms with Gasteiger partial charge in [0.2, 0.25) is 15.9 Å². The maximum Gasteiger partial charge on any atom is 0.244 e. The standard InChI is InChI=1S/C19H20FN5O3S/c1-12(25-29(27,28)16-11-7-6-10-15(16)20)19(26)22-17(14-8-4-3-5-9-14)18-21-13(2)23-24-18/h3-12,17,25H,1-2H3,(H,22,26)(H,21,23,24)/t12-,17?/m0/s1. The highest BCUT2D eigenvalue weighted by Gasteiger charge is 2.27. The van der Waals surface area contributed by atoms with Crippen molar-refractivity contribution in [2.24, 2.45) is 0 Å². The summed E-state index contributed by atoms with van der Waals surface area (Å²) < 4.78 is 40.9. The molecule has 0 aliphatic heterocycles. The lowest BCUT2D eigenvalue weighted by molar-refractivity contribution is -0.122. The Bertz CT molecular complexity index is 1100. The molecule has 1 unspecified atom stereocenters. The lowest BCUT2D eigenvalue weighted by atomic mass is 10.1. The van der Waals surface area contributed by atoms with Gasteiger partial charge in [-0.1, -0.05) is 42.5 Å². The van der Waals surface area contributed by atoms with Crippen LogP contribution in [0.2, 0.25) is 0 Å². The average Bonchev–Trinajstić information content (AvgIpc) is 3.12. The first-order valence-electron chi connectivity index (χ1n) is 8.79. The van der Waals surface area contributed by atoms with Crippen molar-refractivity contribution in [2.75, 3.05) is 0 Å². The highest BCUT2D eigenvalue weighted by Crippen LogP contribution is 2.19. The van der Waals surface area contributed by atoms with E-state index in [0.29, 0.717) is 11.6 Å². The second-order valence-electron chi connectivity index (χ2n) is 6.40. The maximum atomic E-state index is 13.9. The van der Waals surface area contributed by atoms with Crippen LogP contribution in [0.1, 0.15) is 30.2 Å². The largest absolute Gasteiger partial charge is 0.341 e. The molecule has 0 bridgehead atoms. The molecule has 0 spiro atoms. The van der Waals surface area contributed by atoms with Crippen LogP contribution in [0.15, 0.2) is 59.5 Å². The van der Waals surface area contributed by atoms with E-state index in [1.807, 2.05) is 6.07 Å². The Kier molecular flexibility index (Phi) is 6.04. The van der Waals surface area contributed by atoms with Gasteiger partial charge in [0.15, 0.2) is 5.82 Å². The topological polar surface area (TPSA) is 117 Å². The number of hydrogen-bond donors (Lipinski definition) is 3. The molecule has 29 heavy (non-hydrogen) atoms. The SMILES string of the molecule is Cc1nc(C(NC(=O)[C@H](C)NS(=O)(=O)c2ccccc2F)c2ccccc2)n[nH]1. The van der Waals surface area contributed by atoms with Gasteiger partial charge in [0, 0.05) is 0 Å². The molecule has 2 aromatic carbocycles. The van der Waals surface area contributed by atoms with E-state index >= 15 is 0 Å². The highest BCUT2D eigenvalue weighted by atomic mass is 32.2. The van der Waals surface area contributed by atoms with E-state index in [1.165, 1.54) is 19.1 Å². The number of nitrogens with one attached hydrogen (secondary N) is 3. The van der Waals surface area contributed by atoms with Crippen molar-refractivity contribution in [1.29, 1.82) is 0 Å². The second kappa shape index (κ2) is 8.50. The van der Waals surface area contributed by atoms with Gasteiger partial charge < -0.3 is 5.32 Å². The fourth-order valence-electron chi connectivity index (χ4n) is 2.71. The van der Waals surface area contributed by atoms with Gasteiger partial charge in [0.05, 0.1) is 6.04 Å². The molecule has 0 radical (unpaired) electrons. The molecule has 2 atom stereocenters. The first-order chi connectivity index (χ1) is 13.8. The molecule has 0 saturated carbocycles. The third-order valence-corrected chi connectivity index (χ3v) is 5.72. The number of aromatic nitrogens is 3. The Morgan fingerprint density at radius 3 is 2.38 bits per heavy atom. The molecule has 3 rings (SSSR count). The van der Waals surface area contributed by atoms with Gasteiger partial charge in [-0.3, -0.25) is 9.89 Å². The smallest absolute Gasteiger partial charge is 0.244 e. The number of carbonyl (C=O) groups is 1. The summed E-state index contributed by atoms with van der Waals surface area (Å²) in [7, 11) is -4.22. The third kappa shape index (κ3) is 4.84. The van der Waals surface area contributed by atoms with Gasteiger partial charge in [0.1, 0.15) is 22.6 Å². The van der Waals surface area contributed by atoms with Gasteiger partial charge in [0.25, 0.3) is 0 Å². The van der Waals surface area contributed by atoms with Gasteiger partial charge in [-0.25, -0.2) is 17.8 Å². The van der Waals surface area contributed by atoms with Crippen LogP contribution in [0.25, 0.3) is 0 Å². The van der Waals surface area contributed by atoms with Crippen LogP contribution >= 0.6 is 0 Å². The number of benzene rings is 2. The predicted octanol–water partition coefficient (Wildman–Crippen LogP) is 1.82. The van der Waals surface area contributed by atoms with Crippen molar-refractivity contribution in [3.8, 4) is 0 Å². The van der Waals surface area contributed by atoms with E-state index < -0.39 is 38.7 Å². The zero-order valence-corrected chi connectivity index (χ0v) is 16.6. The van der Waals surface area contributed by atoms with Crippen LogP contribution in [0, 0.1) is 12.7 Å².